The summed E-state index contributed by atoms with van der Waals surface area (Å²) in [6.07, 6.45) is 0.200. The lowest BCUT2D eigenvalue weighted by Crippen LogP contribution is -2.53. The summed E-state index contributed by atoms with van der Waals surface area (Å²) in [5, 5.41) is 17.7. The minimum atomic E-state index is -4.01. The van der Waals surface area contributed by atoms with Gasteiger partial charge in [0.1, 0.15) is 17.4 Å². The van der Waals surface area contributed by atoms with E-state index >= 15 is 0 Å². The fourth-order valence-electron chi connectivity index (χ4n) is 4.23. The fourth-order valence-corrected chi connectivity index (χ4v) is 5.66. The molecule has 0 unspecified atom stereocenters. The molecule has 1 aliphatic heterocycles. The highest BCUT2D eigenvalue weighted by Crippen LogP contribution is 2.24. The molecule has 3 rings (SSSR count). The normalized spacial score (nSPS) is 17.4. The minimum Gasteiger partial charge on any atom is -0.719 e. The highest BCUT2D eigenvalue weighted by molar-refractivity contribution is 7.89. The second-order valence-electron chi connectivity index (χ2n) is 9.12. The van der Waals surface area contributed by atoms with Gasteiger partial charge in [0.25, 0.3) is 0 Å². The Morgan fingerprint density at radius 2 is 1.92 bits per heavy atom. The Balaban J connectivity index is 1.67. The third-order valence-electron chi connectivity index (χ3n) is 6.29. The molecule has 0 bridgehead atoms. The first-order valence-electron chi connectivity index (χ1n) is 11.8. The number of carbonyl (C=O) groups is 2. The lowest BCUT2D eigenvalue weighted by molar-refractivity contribution is -0.468. The maximum absolute atomic E-state index is 13.2. The van der Waals surface area contributed by atoms with Crippen LogP contribution in [0.1, 0.15) is 27.2 Å². The lowest BCUT2D eigenvalue weighted by Gasteiger charge is -2.33. The van der Waals surface area contributed by atoms with Gasteiger partial charge in [-0.25, -0.2) is 8.42 Å². The van der Waals surface area contributed by atoms with Crippen molar-refractivity contribution in [1.82, 2.24) is 19.8 Å². The van der Waals surface area contributed by atoms with Crippen molar-refractivity contribution in [2.75, 3.05) is 19.6 Å². The number of nitrogens with one attached hydrogen (secondary N) is 2. The zero-order chi connectivity index (χ0) is 28.2. The number of guanidine groups is 1. The Kier molecular flexibility index (Phi) is 9.12. The third kappa shape index (κ3) is 6.49. The minimum absolute atomic E-state index is 0.0127. The number of benzene rings is 2. The van der Waals surface area contributed by atoms with Gasteiger partial charge < -0.3 is 15.0 Å². The second kappa shape index (κ2) is 11.9. The smallest absolute Gasteiger partial charge is 0.371 e. The Morgan fingerprint density at radius 1 is 1.26 bits per heavy atom. The second-order valence-corrected chi connectivity index (χ2v) is 11.3. The molecule has 206 valence electrons. The molecule has 2 aromatic carbocycles. The van der Waals surface area contributed by atoms with Crippen LogP contribution in [0.5, 0.6) is 0 Å². The van der Waals surface area contributed by atoms with Crippen LogP contribution in [-0.2, 0) is 19.6 Å². The van der Waals surface area contributed by atoms with Gasteiger partial charge in [-0.3, -0.25) is 20.6 Å². The molecule has 2 amide bonds. The molecule has 1 heterocycles. The van der Waals surface area contributed by atoms with Crippen LogP contribution in [0.4, 0.5) is 0 Å². The van der Waals surface area contributed by atoms with E-state index in [1.807, 2.05) is 0 Å². The van der Waals surface area contributed by atoms with E-state index in [1.165, 1.54) is 21.9 Å². The van der Waals surface area contributed by atoms with Crippen LogP contribution in [0, 0.1) is 10.1 Å². The Bertz CT molecular complexity index is 1370. The van der Waals surface area contributed by atoms with Gasteiger partial charge >= 0.3 is 5.96 Å². The first-order valence-corrected chi connectivity index (χ1v) is 13.7. The van der Waals surface area contributed by atoms with Gasteiger partial charge in [-0.2, -0.15) is 4.72 Å². The average molecular weight is 568 g/mol. The van der Waals surface area contributed by atoms with Crippen LogP contribution in [0.25, 0.3) is 10.8 Å². The molecular formula is C23H30ClN7O6S. The molecule has 15 heteroatoms. The molecule has 1 fully saturated rings. The van der Waals surface area contributed by atoms with Gasteiger partial charge in [-0.15, -0.1) is 9.75 Å². The molecular weight excluding hydrogens is 538 g/mol. The SMILES string of the molecule is CC(C)N(CCN/C(N)=[N+](/[O-])N=O)C(=O)[C@H](C)N1CC[C@H](NS(=O)(=O)c2ccc3cc(Cl)ccc3c2)C1=O. The highest BCUT2D eigenvalue weighted by Gasteiger charge is 2.40. The first-order chi connectivity index (χ1) is 17.9. The molecule has 0 aromatic heterocycles. The van der Waals surface area contributed by atoms with E-state index in [0.717, 1.165) is 5.39 Å². The monoisotopic (exact) mass is 567 g/mol. The number of likely N-dealkylation sites (tertiary alicyclic amines) is 1. The topological polar surface area (TPSA) is 180 Å². The predicted octanol–water partition coefficient (Wildman–Crippen LogP) is 1.09. The van der Waals surface area contributed by atoms with Gasteiger partial charge in [-0.1, -0.05) is 23.7 Å². The molecule has 0 saturated carbocycles. The Morgan fingerprint density at radius 3 is 2.58 bits per heavy atom. The first kappa shape index (κ1) is 29.1. The number of amides is 2. The van der Waals surface area contributed by atoms with Gasteiger partial charge in [0.15, 0.2) is 0 Å². The number of halogens is 1. The predicted molar refractivity (Wildman–Crippen MR) is 142 cm³/mol. The van der Waals surface area contributed by atoms with E-state index in [0.29, 0.717) is 10.4 Å². The van der Waals surface area contributed by atoms with Crippen LogP contribution in [0.2, 0.25) is 5.02 Å². The molecule has 2 aromatic rings. The summed E-state index contributed by atoms with van der Waals surface area (Å²) < 4.78 is 28.6. The van der Waals surface area contributed by atoms with Crippen LogP contribution in [-0.4, -0.2) is 78.6 Å². The quantitative estimate of drug-likeness (QED) is 0.0952. The standard InChI is InChI=1S/C23H30ClN7O6S/c1-14(2)29(11-9-26-23(25)31(35)28-34)21(32)15(3)30-10-8-20(22(30)33)27-38(36,37)19-7-5-16-12-18(24)6-4-17(16)13-19/h4-7,12-15,20,26-27H,8-11,25H2,1-3H3/b31-23+/t15-,20-/m0/s1. The van der Waals surface area contributed by atoms with Crippen molar-refractivity contribution in [3.63, 3.8) is 0 Å². The largest absolute Gasteiger partial charge is 0.719 e. The lowest BCUT2D eigenvalue weighted by atomic mass is 10.1. The Hall–Kier alpha value is -3.49. The summed E-state index contributed by atoms with van der Waals surface area (Å²) in [5.74, 6) is -1.37. The van der Waals surface area contributed by atoms with E-state index in [4.69, 9.17) is 17.3 Å². The maximum atomic E-state index is 13.2. The number of rotatable bonds is 10. The molecule has 0 spiro atoms. The van der Waals surface area contributed by atoms with E-state index in [9.17, 15) is 28.1 Å². The zero-order valence-corrected chi connectivity index (χ0v) is 22.7. The zero-order valence-electron chi connectivity index (χ0n) is 21.1. The van der Waals surface area contributed by atoms with Crippen LogP contribution in [0.15, 0.2) is 46.6 Å². The van der Waals surface area contributed by atoms with Crippen molar-refractivity contribution < 1.29 is 22.9 Å². The third-order valence-corrected chi connectivity index (χ3v) is 8.00. The van der Waals surface area contributed by atoms with E-state index < -0.39 is 34.0 Å². The molecule has 0 radical (unpaired) electrons. The molecule has 2 atom stereocenters. The number of sulfonamides is 1. The van der Waals surface area contributed by atoms with Crippen molar-refractivity contribution >= 4 is 50.2 Å². The van der Waals surface area contributed by atoms with E-state index in [2.05, 4.69) is 15.3 Å². The number of carbonyl (C=O) groups excluding carboxylic acids is 2. The van der Waals surface area contributed by atoms with Crippen LogP contribution >= 0.6 is 11.6 Å². The highest BCUT2D eigenvalue weighted by atomic mass is 35.5. The van der Waals surface area contributed by atoms with Crippen LogP contribution < -0.4 is 15.8 Å². The summed E-state index contributed by atoms with van der Waals surface area (Å²) in [7, 11) is -4.01. The summed E-state index contributed by atoms with van der Waals surface area (Å²) in [6.45, 7) is 5.51. The number of nitrogens with zero attached hydrogens (tertiary/aromatic N) is 4. The van der Waals surface area contributed by atoms with Gasteiger partial charge in [0.05, 0.1) is 18.0 Å². The number of nitrogens with two attached hydrogens (primary N) is 1. The van der Waals surface area contributed by atoms with Crippen molar-refractivity contribution in [2.24, 2.45) is 11.0 Å². The van der Waals surface area contributed by atoms with Gasteiger partial charge in [-0.05, 0) is 62.2 Å². The Labute approximate surface area is 225 Å². The van der Waals surface area contributed by atoms with Crippen molar-refractivity contribution in [3.05, 3.63) is 51.5 Å². The number of fused-ring (bicyclic) bond motifs is 1. The maximum Gasteiger partial charge on any atom is 0.371 e. The fraction of sp³-hybridized carbons (Fsp3) is 0.435. The summed E-state index contributed by atoms with van der Waals surface area (Å²) in [5.41, 5.74) is 5.39. The summed E-state index contributed by atoms with van der Waals surface area (Å²) >= 11 is 5.99. The summed E-state index contributed by atoms with van der Waals surface area (Å²) in [6, 6.07) is 7.56. The van der Waals surface area contributed by atoms with Gasteiger partial charge in [0, 0.05) is 17.6 Å². The molecule has 0 aliphatic carbocycles. The average Bonchev–Trinajstić information content (AvgIpc) is 3.23. The van der Waals surface area contributed by atoms with Gasteiger partial charge in [0.2, 0.25) is 21.8 Å². The molecule has 13 nitrogen and oxygen atoms in total. The number of hydrogen-bond acceptors (Lipinski definition) is 7. The number of hydrogen-bond donors (Lipinski definition) is 3. The van der Waals surface area contributed by atoms with Crippen molar-refractivity contribution in [1.29, 1.82) is 0 Å². The molecule has 1 aliphatic rings. The van der Waals surface area contributed by atoms with E-state index in [1.54, 1.807) is 45.0 Å². The number of nitroso groups, excluding NO2 is 1. The van der Waals surface area contributed by atoms with Crippen LogP contribution in [0.3, 0.4) is 0 Å². The molecule has 1 saturated heterocycles. The van der Waals surface area contributed by atoms with Crippen molar-refractivity contribution in [3.8, 4) is 0 Å². The molecule has 4 N–H and O–H groups in total. The van der Waals surface area contributed by atoms with E-state index in [-0.39, 0.29) is 47.7 Å². The van der Waals surface area contributed by atoms with Crippen molar-refractivity contribution in [2.45, 2.75) is 50.2 Å². The summed E-state index contributed by atoms with van der Waals surface area (Å²) in [4.78, 5) is 39.1. The molecule has 38 heavy (non-hydrogen) atoms.